The standard InChI is InChI=1S/C28H27N3O3/c1-17-6-9-21(32)16-24(17)30-23-11-12-29-28-27(23)25(33)15-20-14-19(8-10-22(20)31-28)7-5-18(2)26-4-3-13-34-26/h3-4,6,8-14,16,18,32H,5,7,15H2,1-2H3,(H2,29,30,31). The van der Waals surface area contributed by atoms with Gasteiger partial charge in [-0.15, -0.1) is 0 Å². The van der Waals surface area contributed by atoms with Crippen molar-refractivity contribution in [2.24, 2.45) is 0 Å². The summed E-state index contributed by atoms with van der Waals surface area (Å²) < 4.78 is 5.53. The number of fused-ring (bicyclic) bond motifs is 2. The molecule has 0 bridgehead atoms. The molecule has 2 aromatic carbocycles. The normalized spacial score (nSPS) is 13.4. The summed E-state index contributed by atoms with van der Waals surface area (Å²) in [6.07, 6.45) is 5.54. The van der Waals surface area contributed by atoms with Crippen LogP contribution in [-0.2, 0) is 12.8 Å². The van der Waals surface area contributed by atoms with Crippen LogP contribution in [0.2, 0.25) is 0 Å². The Morgan fingerprint density at radius 2 is 2.03 bits per heavy atom. The van der Waals surface area contributed by atoms with E-state index in [1.165, 1.54) is 5.56 Å². The van der Waals surface area contributed by atoms with E-state index in [9.17, 15) is 9.90 Å². The van der Waals surface area contributed by atoms with E-state index in [0.717, 1.165) is 41.1 Å². The number of phenols is 1. The van der Waals surface area contributed by atoms with Crippen molar-refractivity contribution >= 4 is 28.7 Å². The molecule has 5 rings (SSSR count). The Labute approximate surface area is 198 Å². The Morgan fingerprint density at radius 1 is 1.15 bits per heavy atom. The molecule has 6 heteroatoms. The van der Waals surface area contributed by atoms with Gasteiger partial charge in [0.15, 0.2) is 5.78 Å². The molecule has 0 saturated carbocycles. The predicted octanol–water partition coefficient (Wildman–Crippen LogP) is 6.65. The van der Waals surface area contributed by atoms with Crippen LogP contribution in [0.4, 0.5) is 22.9 Å². The fraction of sp³-hybridized carbons (Fsp3) is 0.214. The fourth-order valence-electron chi connectivity index (χ4n) is 4.39. The van der Waals surface area contributed by atoms with Gasteiger partial charge in [-0.3, -0.25) is 4.79 Å². The number of nitrogens with zero attached hydrogens (tertiary/aromatic N) is 1. The van der Waals surface area contributed by atoms with Gasteiger partial charge in [-0.25, -0.2) is 4.98 Å². The molecule has 3 N–H and O–H groups in total. The first-order chi connectivity index (χ1) is 16.5. The molecule has 0 aliphatic carbocycles. The number of hydrogen-bond acceptors (Lipinski definition) is 6. The van der Waals surface area contributed by atoms with Gasteiger partial charge in [-0.1, -0.05) is 25.1 Å². The lowest BCUT2D eigenvalue weighted by Gasteiger charge is -2.15. The first-order valence-electron chi connectivity index (χ1n) is 11.5. The number of carbonyl (C=O) groups is 1. The van der Waals surface area contributed by atoms with Crippen molar-refractivity contribution < 1.29 is 14.3 Å². The molecule has 1 unspecified atom stereocenters. The zero-order valence-corrected chi connectivity index (χ0v) is 19.3. The zero-order valence-electron chi connectivity index (χ0n) is 19.3. The predicted molar refractivity (Wildman–Crippen MR) is 134 cm³/mol. The summed E-state index contributed by atoms with van der Waals surface area (Å²) in [7, 11) is 0. The minimum atomic E-state index is -0.00393. The van der Waals surface area contributed by atoms with Crippen LogP contribution in [0.25, 0.3) is 0 Å². The first kappa shape index (κ1) is 21.8. The summed E-state index contributed by atoms with van der Waals surface area (Å²) in [5.41, 5.74) is 5.95. The van der Waals surface area contributed by atoms with E-state index in [1.807, 2.05) is 31.2 Å². The lowest BCUT2D eigenvalue weighted by atomic mass is 9.96. The van der Waals surface area contributed by atoms with E-state index in [0.29, 0.717) is 23.0 Å². The topological polar surface area (TPSA) is 87.4 Å². The maximum Gasteiger partial charge on any atom is 0.173 e. The minimum Gasteiger partial charge on any atom is -0.508 e. The lowest BCUT2D eigenvalue weighted by Crippen LogP contribution is -2.08. The van der Waals surface area contributed by atoms with E-state index >= 15 is 0 Å². The second-order valence-corrected chi connectivity index (χ2v) is 8.88. The van der Waals surface area contributed by atoms with Gasteiger partial charge in [0.2, 0.25) is 0 Å². The number of aromatic nitrogens is 1. The number of anilines is 4. The molecule has 0 fully saturated rings. The average molecular weight is 454 g/mol. The van der Waals surface area contributed by atoms with Crippen LogP contribution in [0.3, 0.4) is 0 Å². The third-order valence-corrected chi connectivity index (χ3v) is 6.39. The van der Waals surface area contributed by atoms with Gasteiger partial charge in [-0.2, -0.15) is 0 Å². The van der Waals surface area contributed by atoms with E-state index in [2.05, 4.69) is 34.7 Å². The number of phenolic OH excluding ortho intramolecular Hbond substituents is 1. The molecular formula is C28H27N3O3. The minimum absolute atomic E-state index is 0.00393. The maximum atomic E-state index is 13.4. The maximum absolute atomic E-state index is 13.4. The second kappa shape index (κ2) is 9.06. The Hall–Kier alpha value is -4.06. The van der Waals surface area contributed by atoms with E-state index in [4.69, 9.17) is 4.42 Å². The number of ketones is 1. The summed E-state index contributed by atoms with van der Waals surface area (Å²) in [6.45, 7) is 4.12. The van der Waals surface area contributed by atoms with Gasteiger partial charge in [0.25, 0.3) is 0 Å². The smallest absolute Gasteiger partial charge is 0.173 e. The molecule has 34 heavy (non-hydrogen) atoms. The highest BCUT2D eigenvalue weighted by molar-refractivity contribution is 6.09. The number of Topliss-reactive ketones (excluding diaryl/α,β-unsaturated/α-hetero) is 1. The molecule has 1 atom stereocenters. The highest BCUT2D eigenvalue weighted by Gasteiger charge is 2.24. The molecule has 0 saturated heterocycles. The van der Waals surface area contributed by atoms with Gasteiger partial charge in [0, 0.05) is 36.0 Å². The Morgan fingerprint density at radius 3 is 2.85 bits per heavy atom. The molecular weight excluding hydrogens is 426 g/mol. The Balaban J connectivity index is 1.39. The summed E-state index contributed by atoms with van der Waals surface area (Å²) in [5.74, 6) is 2.02. The molecule has 4 aromatic rings. The second-order valence-electron chi connectivity index (χ2n) is 8.88. The molecule has 2 aromatic heterocycles. The Bertz CT molecular complexity index is 1350. The van der Waals surface area contributed by atoms with Crippen LogP contribution in [0.1, 0.15) is 52.1 Å². The number of pyridine rings is 1. The van der Waals surface area contributed by atoms with Gasteiger partial charge in [0.1, 0.15) is 17.3 Å². The number of carbonyl (C=O) groups excluding carboxylic acids is 1. The van der Waals surface area contributed by atoms with Crippen molar-refractivity contribution in [3.8, 4) is 5.75 Å². The van der Waals surface area contributed by atoms with E-state index < -0.39 is 0 Å². The van der Waals surface area contributed by atoms with Crippen LogP contribution in [0, 0.1) is 6.92 Å². The fourth-order valence-corrected chi connectivity index (χ4v) is 4.39. The summed E-state index contributed by atoms with van der Waals surface area (Å²) in [5, 5.41) is 16.6. The lowest BCUT2D eigenvalue weighted by molar-refractivity contribution is 0.0995. The third-order valence-electron chi connectivity index (χ3n) is 6.39. The monoisotopic (exact) mass is 453 g/mol. The van der Waals surface area contributed by atoms with E-state index in [1.54, 1.807) is 30.7 Å². The summed E-state index contributed by atoms with van der Waals surface area (Å²) >= 11 is 0. The van der Waals surface area contributed by atoms with Crippen molar-refractivity contribution in [3.05, 3.63) is 95.1 Å². The van der Waals surface area contributed by atoms with Crippen LogP contribution in [0.5, 0.6) is 5.75 Å². The first-order valence-corrected chi connectivity index (χ1v) is 11.5. The molecule has 6 nitrogen and oxygen atoms in total. The summed E-state index contributed by atoms with van der Waals surface area (Å²) in [6, 6.07) is 17.1. The van der Waals surface area contributed by atoms with Crippen molar-refractivity contribution in [1.82, 2.24) is 4.98 Å². The van der Waals surface area contributed by atoms with Crippen molar-refractivity contribution in [1.29, 1.82) is 0 Å². The van der Waals surface area contributed by atoms with Gasteiger partial charge in [0.05, 0.1) is 17.5 Å². The number of hydrogen-bond donors (Lipinski definition) is 3. The van der Waals surface area contributed by atoms with Gasteiger partial charge >= 0.3 is 0 Å². The van der Waals surface area contributed by atoms with Crippen LogP contribution < -0.4 is 10.6 Å². The molecule has 172 valence electrons. The molecule has 0 radical (unpaired) electrons. The molecule has 3 heterocycles. The largest absolute Gasteiger partial charge is 0.508 e. The molecule has 1 aliphatic heterocycles. The summed E-state index contributed by atoms with van der Waals surface area (Å²) in [4.78, 5) is 17.8. The zero-order chi connectivity index (χ0) is 23.7. The number of aryl methyl sites for hydroxylation is 2. The molecule has 0 amide bonds. The van der Waals surface area contributed by atoms with Crippen molar-refractivity contribution in [3.63, 3.8) is 0 Å². The number of benzene rings is 2. The Kier molecular flexibility index (Phi) is 5.80. The highest BCUT2D eigenvalue weighted by Crippen LogP contribution is 2.35. The SMILES string of the molecule is Cc1ccc(O)cc1Nc1ccnc2c1C(=O)Cc1cc(CCC(C)c3ccco3)ccc1N2. The van der Waals surface area contributed by atoms with Crippen LogP contribution in [0.15, 0.2) is 71.5 Å². The van der Waals surface area contributed by atoms with Gasteiger partial charge < -0.3 is 20.2 Å². The highest BCUT2D eigenvalue weighted by atomic mass is 16.3. The van der Waals surface area contributed by atoms with Crippen molar-refractivity contribution in [2.75, 3.05) is 10.6 Å². The number of nitrogens with one attached hydrogen (secondary N) is 2. The number of rotatable bonds is 6. The van der Waals surface area contributed by atoms with E-state index in [-0.39, 0.29) is 18.0 Å². The molecule has 1 aliphatic rings. The van der Waals surface area contributed by atoms with Crippen LogP contribution in [-0.4, -0.2) is 15.9 Å². The van der Waals surface area contributed by atoms with Gasteiger partial charge in [-0.05, 0) is 66.8 Å². The van der Waals surface area contributed by atoms with Crippen molar-refractivity contribution in [2.45, 2.75) is 39.0 Å². The average Bonchev–Trinajstić information content (AvgIpc) is 3.32. The number of furan rings is 1. The number of aromatic hydroxyl groups is 1. The molecule has 0 spiro atoms. The van der Waals surface area contributed by atoms with Crippen LogP contribution >= 0.6 is 0 Å². The quantitative estimate of drug-likeness (QED) is 0.303. The third kappa shape index (κ3) is 4.39.